The molecule has 0 atom stereocenters. The number of nitrogens with zero attached hydrogens (tertiary/aromatic N) is 1. The van der Waals surface area contributed by atoms with Crippen molar-refractivity contribution in [3.63, 3.8) is 0 Å². The van der Waals surface area contributed by atoms with E-state index in [1.165, 1.54) is 40.7 Å². The van der Waals surface area contributed by atoms with Gasteiger partial charge in [0.15, 0.2) is 28.8 Å². The van der Waals surface area contributed by atoms with Crippen LogP contribution in [0.2, 0.25) is 0 Å². The zero-order valence-corrected chi connectivity index (χ0v) is 20.9. The van der Waals surface area contributed by atoms with Gasteiger partial charge in [0.05, 0.1) is 44.9 Å². The van der Waals surface area contributed by atoms with Crippen molar-refractivity contribution in [2.45, 2.75) is 6.54 Å². The van der Waals surface area contributed by atoms with Crippen molar-refractivity contribution in [2.75, 3.05) is 33.8 Å². The van der Waals surface area contributed by atoms with E-state index in [9.17, 15) is 14.4 Å². The second-order valence-electron chi connectivity index (χ2n) is 8.04. The highest BCUT2D eigenvalue weighted by Crippen LogP contribution is 2.32. The number of hydrogen-bond acceptors (Lipinski definition) is 7. The van der Waals surface area contributed by atoms with E-state index < -0.39 is 11.2 Å². The number of carbonyl (C=O) groups is 2. The maximum absolute atomic E-state index is 13.4. The van der Waals surface area contributed by atoms with Crippen molar-refractivity contribution >= 4 is 28.3 Å². The molecule has 0 fully saturated rings. The third-order valence-electron chi connectivity index (χ3n) is 5.85. The lowest BCUT2D eigenvalue weighted by Gasteiger charge is -2.16. The van der Waals surface area contributed by atoms with Crippen molar-refractivity contribution in [1.82, 2.24) is 4.57 Å². The summed E-state index contributed by atoms with van der Waals surface area (Å²) in [4.78, 5) is 39.7. The van der Waals surface area contributed by atoms with Gasteiger partial charge in [-0.3, -0.25) is 14.4 Å². The van der Waals surface area contributed by atoms with Crippen LogP contribution in [0.15, 0.2) is 71.7 Å². The van der Waals surface area contributed by atoms with Gasteiger partial charge in [0.2, 0.25) is 11.3 Å². The molecule has 37 heavy (non-hydrogen) atoms. The highest BCUT2D eigenvalue weighted by molar-refractivity contribution is 6.10. The Labute approximate surface area is 213 Å². The Balaban J connectivity index is 1.79. The maximum atomic E-state index is 13.4. The molecule has 9 heteroatoms. The van der Waals surface area contributed by atoms with E-state index in [1.807, 2.05) is 0 Å². The standard InChI is InChI=1S/C28H26N2O7/c1-34-22-11-10-18(12-23(22)35-2)29-26(31)16-30-15-20(27(32)17-8-6-5-7-9-17)28(33)19-13-24(36-3)25(37-4)14-21(19)30/h5-15H,16H2,1-4H3,(H,29,31). The van der Waals surface area contributed by atoms with Gasteiger partial charge in [-0.05, 0) is 18.2 Å². The normalized spacial score (nSPS) is 10.6. The van der Waals surface area contributed by atoms with Crippen molar-refractivity contribution in [1.29, 1.82) is 0 Å². The Morgan fingerprint density at radius 1 is 0.784 bits per heavy atom. The summed E-state index contributed by atoms with van der Waals surface area (Å²) in [6.45, 7) is -0.185. The number of ketones is 1. The Bertz CT molecular complexity index is 1530. The first-order valence-corrected chi connectivity index (χ1v) is 11.3. The molecule has 0 unspecified atom stereocenters. The molecule has 4 aromatic rings. The lowest BCUT2D eigenvalue weighted by Crippen LogP contribution is -2.24. The molecule has 0 spiro atoms. The van der Waals surface area contributed by atoms with Gasteiger partial charge in [-0.1, -0.05) is 30.3 Å². The van der Waals surface area contributed by atoms with Gasteiger partial charge in [0, 0.05) is 29.6 Å². The van der Waals surface area contributed by atoms with E-state index in [-0.39, 0.29) is 23.4 Å². The zero-order chi connectivity index (χ0) is 26.5. The van der Waals surface area contributed by atoms with Crippen LogP contribution >= 0.6 is 0 Å². The van der Waals surface area contributed by atoms with Gasteiger partial charge in [-0.25, -0.2) is 0 Å². The van der Waals surface area contributed by atoms with Gasteiger partial charge in [-0.2, -0.15) is 0 Å². The van der Waals surface area contributed by atoms with E-state index in [0.717, 1.165) is 0 Å². The largest absolute Gasteiger partial charge is 0.493 e. The predicted octanol–water partition coefficient (Wildman–Crippen LogP) is 3.91. The average Bonchev–Trinajstić information content (AvgIpc) is 2.93. The Hall–Kier alpha value is -4.79. The molecule has 1 N–H and O–H groups in total. The molecule has 0 aliphatic rings. The highest BCUT2D eigenvalue weighted by Gasteiger charge is 2.20. The molecule has 0 bridgehead atoms. The molecule has 9 nitrogen and oxygen atoms in total. The molecule has 3 aromatic carbocycles. The number of benzene rings is 3. The second-order valence-corrected chi connectivity index (χ2v) is 8.04. The number of aromatic nitrogens is 1. The summed E-state index contributed by atoms with van der Waals surface area (Å²) in [5.41, 5.74) is 0.731. The minimum atomic E-state index is -0.471. The SMILES string of the molecule is COc1ccc(NC(=O)Cn2cc(C(=O)c3ccccc3)c(=O)c3cc(OC)c(OC)cc32)cc1OC. The quantitative estimate of drug-likeness (QED) is 0.346. The van der Waals surface area contributed by atoms with E-state index in [1.54, 1.807) is 59.2 Å². The summed E-state index contributed by atoms with van der Waals surface area (Å²) in [5, 5.41) is 3.03. The fourth-order valence-corrected chi connectivity index (χ4v) is 4.02. The van der Waals surface area contributed by atoms with Gasteiger partial charge in [-0.15, -0.1) is 0 Å². The van der Waals surface area contributed by atoms with Crippen molar-refractivity contribution in [2.24, 2.45) is 0 Å². The lowest BCUT2D eigenvalue weighted by atomic mass is 10.0. The number of anilines is 1. The van der Waals surface area contributed by atoms with Crippen molar-refractivity contribution in [3.8, 4) is 23.0 Å². The predicted molar refractivity (Wildman–Crippen MR) is 139 cm³/mol. The van der Waals surface area contributed by atoms with Crippen molar-refractivity contribution < 1.29 is 28.5 Å². The van der Waals surface area contributed by atoms with Gasteiger partial charge >= 0.3 is 0 Å². The Morgan fingerprint density at radius 3 is 2.05 bits per heavy atom. The summed E-state index contributed by atoms with van der Waals surface area (Å²) < 4.78 is 22.9. The van der Waals surface area contributed by atoms with Crippen LogP contribution in [0.3, 0.4) is 0 Å². The molecule has 1 amide bonds. The number of pyridine rings is 1. The molecule has 0 aliphatic heterocycles. The molecule has 0 saturated heterocycles. The summed E-state index contributed by atoms with van der Waals surface area (Å²) in [6.07, 6.45) is 1.40. The first-order chi connectivity index (χ1) is 17.9. The fraction of sp³-hybridized carbons (Fsp3) is 0.179. The summed E-state index contributed by atoms with van der Waals surface area (Å²) in [6, 6.07) is 16.6. The number of rotatable bonds is 9. The first kappa shape index (κ1) is 25.3. The van der Waals surface area contributed by atoms with Gasteiger partial charge in [0.1, 0.15) is 6.54 Å². The second kappa shape index (κ2) is 10.9. The molecule has 4 rings (SSSR count). The average molecular weight is 503 g/mol. The molecular weight excluding hydrogens is 476 g/mol. The molecule has 1 aromatic heterocycles. The van der Waals surface area contributed by atoms with Crippen LogP contribution in [0.1, 0.15) is 15.9 Å². The minimum absolute atomic E-state index is 0.0650. The Kier molecular flexibility index (Phi) is 7.43. The topological polar surface area (TPSA) is 105 Å². The number of amides is 1. The molecular formula is C28H26N2O7. The summed E-state index contributed by atoms with van der Waals surface area (Å²) in [5.74, 6) is 0.864. The number of hydrogen-bond donors (Lipinski definition) is 1. The van der Waals surface area contributed by atoms with Gasteiger partial charge in [0.25, 0.3) is 0 Å². The molecule has 190 valence electrons. The zero-order valence-electron chi connectivity index (χ0n) is 20.9. The summed E-state index contributed by atoms with van der Waals surface area (Å²) >= 11 is 0. The monoisotopic (exact) mass is 502 g/mol. The fourth-order valence-electron chi connectivity index (χ4n) is 4.02. The third-order valence-corrected chi connectivity index (χ3v) is 5.85. The molecule has 0 radical (unpaired) electrons. The van der Waals surface area contributed by atoms with E-state index in [4.69, 9.17) is 18.9 Å². The third kappa shape index (κ3) is 5.11. The van der Waals surface area contributed by atoms with Crippen molar-refractivity contribution in [3.05, 3.63) is 88.2 Å². The number of nitrogens with one attached hydrogen (secondary N) is 1. The molecule has 0 saturated carbocycles. The number of ether oxygens (including phenoxy) is 4. The van der Waals surface area contributed by atoms with E-state index in [2.05, 4.69) is 5.32 Å². The smallest absolute Gasteiger partial charge is 0.244 e. The van der Waals surface area contributed by atoms with E-state index >= 15 is 0 Å². The van der Waals surface area contributed by atoms with Crippen LogP contribution in [0.5, 0.6) is 23.0 Å². The maximum Gasteiger partial charge on any atom is 0.244 e. The minimum Gasteiger partial charge on any atom is -0.493 e. The van der Waals surface area contributed by atoms with Crippen LogP contribution in [0.4, 0.5) is 5.69 Å². The van der Waals surface area contributed by atoms with Crippen LogP contribution in [-0.4, -0.2) is 44.7 Å². The molecule has 0 aliphatic carbocycles. The van der Waals surface area contributed by atoms with Crippen LogP contribution in [0, 0.1) is 0 Å². The highest BCUT2D eigenvalue weighted by atomic mass is 16.5. The number of methoxy groups -OCH3 is 4. The van der Waals surface area contributed by atoms with Crippen LogP contribution < -0.4 is 29.7 Å². The van der Waals surface area contributed by atoms with Gasteiger partial charge < -0.3 is 28.8 Å². The number of carbonyl (C=O) groups excluding carboxylic acids is 2. The van der Waals surface area contributed by atoms with Crippen LogP contribution in [-0.2, 0) is 11.3 Å². The Morgan fingerprint density at radius 2 is 1.41 bits per heavy atom. The van der Waals surface area contributed by atoms with Crippen LogP contribution in [0.25, 0.3) is 10.9 Å². The lowest BCUT2D eigenvalue weighted by molar-refractivity contribution is -0.116. The number of fused-ring (bicyclic) bond motifs is 1. The van der Waals surface area contributed by atoms with E-state index in [0.29, 0.717) is 39.8 Å². The first-order valence-electron chi connectivity index (χ1n) is 11.3. The molecule has 1 heterocycles. The summed E-state index contributed by atoms with van der Waals surface area (Å²) in [7, 11) is 5.96.